The molecular formula is C15H25N3O. The molecule has 0 aliphatic heterocycles. The Hall–Kier alpha value is -1.32. The lowest BCUT2D eigenvalue weighted by atomic mass is 10.1. The van der Waals surface area contributed by atoms with E-state index < -0.39 is 0 Å². The van der Waals surface area contributed by atoms with Gasteiger partial charge < -0.3 is 10.1 Å². The van der Waals surface area contributed by atoms with E-state index in [-0.39, 0.29) is 0 Å². The van der Waals surface area contributed by atoms with Gasteiger partial charge in [-0.25, -0.2) is 9.97 Å². The summed E-state index contributed by atoms with van der Waals surface area (Å²) in [6.07, 6.45) is 10.5. The van der Waals surface area contributed by atoms with Crippen LogP contribution in [0.25, 0.3) is 0 Å². The van der Waals surface area contributed by atoms with Crippen LogP contribution in [0, 0.1) is 6.92 Å². The number of hydrogen-bond acceptors (Lipinski definition) is 4. The van der Waals surface area contributed by atoms with Gasteiger partial charge in [0.1, 0.15) is 18.2 Å². The third-order valence-electron chi connectivity index (χ3n) is 3.66. The first-order valence-corrected chi connectivity index (χ1v) is 7.53. The molecule has 4 heteroatoms. The van der Waals surface area contributed by atoms with E-state index in [1.54, 1.807) is 6.33 Å². The molecule has 0 spiro atoms. The average molecular weight is 263 g/mol. The summed E-state index contributed by atoms with van der Waals surface area (Å²) >= 11 is 0. The molecule has 1 heterocycles. The van der Waals surface area contributed by atoms with Crippen LogP contribution in [0.1, 0.15) is 57.4 Å². The molecule has 0 atom stereocenters. The molecule has 1 saturated carbocycles. The molecule has 1 fully saturated rings. The molecule has 0 aromatic carbocycles. The van der Waals surface area contributed by atoms with Crippen molar-refractivity contribution in [2.75, 3.05) is 11.9 Å². The Labute approximate surface area is 116 Å². The van der Waals surface area contributed by atoms with Crippen LogP contribution < -0.4 is 10.1 Å². The number of rotatable bonds is 5. The summed E-state index contributed by atoms with van der Waals surface area (Å²) < 4.78 is 6.10. The molecule has 1 aromatic rings. The van der Waals surface area contributed by atoms with Gasteiger partial charge in [0.25, 0.3) is 0 Å². The number of hydrogen-bond donors (Lipinski definition) is 1. The summed E-state index contributed by atoms with van der Waals surface area (Å²) in [4.78, 5) is 8.58. The zero-order valence-electron chi connectivity index (χ0n) is 12.1. The third-order valence-corrected chi connectivity index (χ3v) is 3.66. The minimum Gasteiger partial charge on any atom is -0.474 e. The van der Waals surface area contributed by atoms with Gasteiger partial charge in [-0.3, -0.25) is 0 Å². The van der Waals surface area contributed by atoms with Crippen molar-refractivity contribution < 1.29 is 4.74 Å². The van der Waals surface area contributed by atoms with Crippen LogP contribution in [0.2, 0.25) is 0 Å². The largest absolute Gasteiger partial charge is 0.474 e. The number of nitrogens with one attached hydrogen (secondary N) is 1. The lowest BCUT2D eigenvalue weighted by Crippen LogP contribution is -2.17. The summed E-state index contributed by atoms with van der Waals surface area (Å²) in [6, 6.07) is 0. The van der Waals surface area contributed by atoms with Crippen molar-refractivity contribution in [3.8, 4) is 5.88 Å². The van der Waals surface area contributed by atoms with Gasteiger partial charge in [-0.15, -0.1) is 0 Å². The van der Waals surface area contributed by atoms with E-state index >= 15 is 0 Å². The third kappa shape index (κ3) is 4.08. The lowest BCUT2D eigenvalue weighted by molar-refractivity contribution is 0.174. The molecular weight excluding hydrogens is 238 g/mol. The molecule has 106 valence electrons. The quantitative estimate of drug-likeness (QED) is 0.823. The number of ether oxygens (including phenoxy) is 1. The normalized spacial score (nSPS) is 16.9. The molecule has 0 amide bonds. The minimum atomic E-state index is 0.329. The smallest absolute Gasteiger partial charge is 0.221 e. The van der Waals surface area contributed by atoms with Crippen LogP contribution in [0.15, 0.2) is 6.33 Å². The Balaban J connectivity index is 2.02. The summed E-state index contributed by atoms with van der Waals surface area (Å²) in [5.41, 5.74) is 1.03. The van der Waals surface area contributed by atoms with Gasteiger partial charge in [0.2, 0.25) is 5.88 Å². The van der Waals surface area contributed by atoms with Gasteiger partial charge in [0.05, 0.1) is 5.56 Å². The predicted octanol–water partition coefficient (Wildman–Crippen LogP) is 3.71. The van der Waals surface area contributed by atoms with Crippen LogP contribution in [0.5, 0.6) is 5.88 Å². The Morgan fingerprint density at radius 1 is 1.21 bits per heavy atom. The zero-order chi connectivity index (χ0) is 13.5. The van der Waals surface area contributed by atoms with Gasteiger partial charge in [0, 0.05) is 6.54 Å². The van der Waals surface area contributed by atoms with Gasteiger partial charge in [-0.05, 0) is 39.0 Å². The van der Waals surface area contributed by atoms with Gasteiger partial charge in [0.15, 0.2) is 0 Å². The second-order valence-electron chi connectivity index (χ2n) is 5.31. The Bertz CT molecular complexity index is 387. The average Bonchev–Trinajstić information content (AvgIpc) is 2.68. The number of aromatic nitrogens is 2. The van der Waals surface area contributed by atoms with E-state index in [9.17, 15) is 0 Å². The van der Waals surface area contributed by atoms with Crippen molar-refractivity contribution in [2.45, 2.75) is 64.9 Å². The zero-order valence-corrected chi connectivity index (χ0v) is 12.1. The van der Waals surface area contributed by atoms with E-state index in [1.165, 1.54) is 25.7 Å². The molecule has 19 heavy (non-hydrogen) atoms. The topological polar surface area (TPSA) is 47.0 Å². The van der Waals surface area contributed by atoms with Crippen LogP contribution in [0.3, 0.4) is 0 Å². The van der Waals surface area contributed by atoms with Gasteiger partial charge in [-0.2, -0.15) is 0 Å². The first-order valence-electron chi connectivity index (χ1n) is 7.53. The van der Waals surface area contributed by atoms with Crippen molar-refractivity contribution in [3.05, 3.63) is 11.9 Å². The van der Waals surface area contributed by atoms with Crippen LogP contribution in [0.4, 0.5) is 5.82 Å². The highest BCUT2D eigenvalue weighted by molar-refractivity contribution is 5.47. The van der Waals surface area contributed by atoms with Crippen LogP contribution >= 0.6 is 0 Å². The van der Waals surface area contributed by atoms with Crippen LogP contribution in [-0.4, -0.2) is 22.6 Å². The monoisotopic (exact) mass is 263 g/mol. The maximum Gasteiger partial charge on any atom is 0.221 e. The highest BCUT2D eigenvalue weighted by atomic mass is 16.5. The summed E-state index contributed by atoms with van der Waals surface area (Å²) in [6.45, 7) is 5.11. The fourth-order valence-electron chi connectivity index (χ4n) is 2.49. The molecule has 1 N–H and O–H groups in total. The van der Waals surface area contributed by atoms with Crippen molar-refractivity contribution in [1.29, 1.82) is 0 Å². The summed E-state index contributed by atoms with van der Waals surface area (Å²) in [7, 11) is 0. The van der Waals surface area contributed by atoms with Crippen molar-refractivity contribution >= 4 is 5.82 Å². The molecule has 1 aliphatic carbocycles. The minimum absolute atomic E-state index is 0.329. The van der Waals surface area contributed by atoms with Crippen molar-refractivity contribution in [3.63, 3.8) is 0 Å². The summed E-state index contributed by atoms with van der Waals surface area (Å²) in [5.74, 6) is 1.65. The molecule has 0 radical (unpaired) electrons. The van der Waals surface area contributed by atoms with Gasteiger partial charge in [-0.1, -0.05) is 19.8 Å². The molecule has 0 bridgehead atoms. The lowest BCUT2D eigenvalue weighted by Gasteiger charge is -2.18. The number of anilines is 1. The standard InChI is InChI=1S/C15H25N3O/c1-3-10-16-14-12(2)15(18-11-17-14)19-13-8-6-4-5-7-9-13/h11,13H,3-10H2,1-2H3,(H,16,17,18). The highest BCUT2D eigenvalue weighted by Gasteiger charge is 2.16. The maximum atomic E-state index is 6.10. The van der Waals surface area contributed by atoms with Gasteiger partial charge >= 0.3 is 0 Å². The SMILES string of the molecule is CCCNc1ncnc(OC2CCCCCC2)c1C. The Morgan fingerprint density at radius 3 is 2.63 bits per heavy atom. The maximum absolute atomic E-state index is 6.10. The van der Waals surface area contributed by atoms with E-state index in [2.05, 4.69) is 22.2 Å². The van der Waals surface area contributed by atoms with Crippen molar-refractivity contribution in [2.24, 2.45) is 0 Å². The fraction of sp³-hybridized carbons (Fsp3) is 0.733. The first-order chi connectivity index (χ1) is 9.31. The summed E-state index contributed by atoms with van der Waals surface area (Å²) in [5, 5.41) is 3.32. The van der Waals surface area contributed by atoms with E-state index in [0.29, 0.717) is 6.10 Å². The second-order valence-corrected chi connectivity index (χ2v) is 5.31. The molecule has 2 rings (SSSR count). The molecule has 1 aliphatic rings. The second kappa shape index (κ2) is 7.31. The molecule has 0 unspecified atom stereocenters. The van der Waals surface area contributed by atoms with Crippen molar-refractivity contribution in [1.82, 2.24) is 9.97 Å². The van der Waals surface area contributed by atoms with Crippen LogP contribution in [-0.2, 0) is 0 Å². The molecule has 1 aromatic heterocycles. The molecule has 4 nitrogen and oxygen atoms in total. The predicted molar refractivity (Wildman–Crippen MR) is 77.7 cm³/mol. The van der Waals surface area contributed by atoms with E-state index in [1.807, 2.05) is 6.92 Å². The number of nitrogens with zero attached hydrogens (tertiary/aromatic N) is 2. The fourth-order valence-corrected chi connectivity index (χ4v) is 2.49. The van der Waals surface area contributed by atoms with E-state index in [4.69, 9.17) is 4.74 Å². The Kier molecular flexibility index (Phi) is 5.43. The van der Waals surface area contributed by atoms with E-state index in [0.717, 1.165) is 43.1 Å². The first kappa shape index (κ1) is 14.1. The highest BCUT2D eigenvalue weighted by Crippen LogP contribution is 2.26. The molecule has 0 saturated heterocycles. The Morgan fingerprint density at radius 2 is 1.95 bits per heavy atom.